The number of aryl methyl sites for hydroxylation is 1. The van der Waals surface area contributed by atoms with Crippen LogP contribution in [0.2, 0.25) is 0 Å². The van der Waals surface area contributed by atoms with Crippen molar-refractivity contribution in [3.8, 4) is 0 Å². The van der Waals surface area contributed by atoms with Crippen molar-refractivity contribution < 1.29 is 23.9 Å². The van der Waals surface area contributed by atoms with E-state index in [2.05, 4.69) is 9.72 Å². The fourth-order valence-electron chi connectivity index (χ4n) is 1.21. The number of nitrogens with zero attached hydrogens (tertiary/aromatic N) is 1. The van der Waals surface area contributed by atoms with E-state index in [0.717, 1.165) is 11.3 Å². The van der Waals surface area contributed by atoms with E-state index >= 15 is 0 Å². The highest BCUT2D eigenvalue weighted by Gasteiger charge is 2.28. The van der Waals surface area contributed by atoms with E-state index in [-0.39, 0.29) is 23.8 Å². The van der Waals surface area contributed by atoms with Gasteiger partial charge in [-0.1, -0.05) is 0 Å². The first kappa shape index (κ1) is 14.3. The van der Waals surface area contributed by atoms with Crippen molar-refractivity contribution in [2.45, 2.75) is 20.8 Å². The van der Waals surface area contributed by atoms with Crippen molar-refractivity contribution in [2.24, 2.45) is 0 Å². The van der Waals surface area contributed by atoms with Crippen molar-refractivity contribution in [3.63, 3.8) is 0 Å². The van der Waals surface area contributed by atoms with E-state index < -0.39 is 17.7 Å². The number of ether oxygens (including phenoxy) is 2. The van der Waals surface area contributed by atoms with Crippen molar-refractivity contribution in [3.05, 3.63) is 15.6 Å². The molecular weight excluding hydrogens is 258 g/mol. The van der Waals surface area contributed by atoms with Crippen LogP contribution in [-0.2, 0) is 14.3 Å². The lowest BCUT2D eigenvalue weighted by Gasteiger charge is -2.01. The van der Waals surface area contributed by atoms with Crippen LogP contribution in [0.4, 0.5) is 0 Å². The summed E-state index contributed by atoms with van der Waals surface area (Å²) in [6.07, 6.45) is 0. The van der Waals surface area contributed by atoms with Gasteiger partial charge in [0.2, 0.25) is 0 Å². The molecular formula is C11H13NO5S. The molecule has 1 aromatic rings. The van der Waals surface area contributed by atoms with Crippen LogP contribution in [0.3, 0.4) is 0 Å². The van der Waals surface area contributed by atoms with Crippen molar-refractivity contribution >= 4 is 29.1 Å². The van der Waals surface area contributed by atoms with Crippen LogP contribution in [0.1, 0.15) is 39.0 Å². The average Bonchev–Trinajstić information content (AvgIpc) is 2.71. The number of thiazole rings is 1. The standard InChI is InChI=1S/C11H13NO5S/c1-4-16-10(14)8(13)7-9(11(15)17-5-2)18-6(3)12-7/h4-5H2,1-3H3. The van der Waals surface area contributed by atoms with Crippen molar-refractivity contribution in [1.29, 1.82) is 0 Å². The van der Waals surface area contributed by atoms with Gasteiger partial charge in [-0.2, -0.15) is 0 Å². The van der Waals surface area contributed by atoms with E-state index in [4.69, 9.17) is 4.74 Å². The Morgan fingerprint density at radius 1 is 1.17 bits per heavy atom. The summed E-state index contributed by atoms with van der Waals surface area (Å²) in [6, 6.07) is 0. The minimum Gasteiger partial charge on any atom is -0.462 e. The summed E-state index contributed by atoms with van der Waals surface area (Å²) in [5.74, 6) is -2.60. The molecule has 0 spiro atoms. The van der Waals surface area contributed by atoms with Gasteiger partial charge in [-0.15, -0.1) is 11.3 Å². The zero-order valence-corrected chi connectivity index (χ0v) is 11.1. The Morgan fingerprint density at radius 3 is 2.33 bits per heavy atom. The summed E-state index contributed by atoms with van der Waals surface area (Å²) < 4.78 is 9.39. The highest BCUT2D eigenvalue weighted by molar-refractivity contribution is 7.14. The van der Waals surface area contributed by atoms with Crippen LogP contribution in [0.25, 0.3) is 0 Å². The first-order valence-electron chi connectivity index (χ1n) is 5.37. The smallest absolute Gasteiger partial charge is 0.381 e. The van der Waals surface area contributed by atoms with Crippen LogP contribution in [0.5, 0.6) is 0 Å². The van der Waals surface area contributed by atoms with Gasteiger partial charge < -0.3 is 9.47 Å². The SMILES string of the molecule is CCOC(=O)C(=O)c1nc(C)sc1C(=O)OCC. The van der Waals surface area contributed by atoms with Gasteiger partial charge in [0.05, 0.1) is 18.2 Å². The molecule has 0 aromatic carbocycles. The molecule has 0 saturated heterocycles. The second-order valence-electron chi connectivity index (χ2n) is 3.18. The Hall–Kier alpha value is -1.76. The monoisotopic (exact) mass is 271 g/mol. The van der Waals surface area contributed by atoms with Crippen LogP contribution in [0, 0.1) is 6.92 Å². The molecule has 0 bridgehead atoms. The molecule has 0 saturated carbocycles. The minimum atomic E-state index is -1.02. The Balaban J connectivity index is 3.05. The van der Waals surface area contributed by atoms with Crippen molar-refractivity contribution in [2.75, 3.05) is 13.2 Å². The molecule has 1 rings (SSSR count). The quantitative estimate of drug-likeness (QED) is 0.457. The average molecular weight is 271 g/mol. The molecule has 0 aliphatic heterocycles. The van der Waals surface area contributed by atoms with Gasteiger partial charge in [-0.3, -0.25) is 4.79 Å². The fourth-order valence-corrected chi connectivity index (χ4v) is 2.02. The number of hydrogen-bond acceptors (Lipinski definition) is 7. The second-order valence-corrected chi connectivity index (χ2v) is 4.38. The molecule has 0 unspecified atom stereocenters. The molecule has 0 atom stereocenters. The van der Waals surface area contributed by atoms with E-state index in [0.29, 0.717) is 5.01 Å². The highest BCUT2D eigenvalue weighted by atomic mass is 32.1. The molecule has 18 heavy (non-hydrogen) atoms. The summed E-state index contributed by atoms with van der Waals surface area (Å²) in [7, 11) is 0. The maximum atomic E-state index is 11.7. The normalized spacial score (nSPS) is 9.94. The number of esters is 2. The van der Waals surface area contributed by atoms with Gasteiger partial charge in [0, 0.05) is 0 Å². The summed E-state index contributed by atoms with van der Waals surface area (Å²) in [5, 5.41) is 0.505. The number of carbonyl (C=O) groups excluding carboxylic acids is 3. The zero-order valence-electron chi connectivity index (χ0n) is 10.3. The maximum Gasteiger partial charge on any atom is 0.381 e. The predicted octanol–water partition coefficient (Wildman–Crippen LogP) is 1.37. The van der Waals surface area contributed by atoms with E-state index in [9.17, 15) is 14.4 Å². The molecule has 0 amide bonds. The van der Waals surface area contributed by atoms with Gasteiger partial charge >= 0.3 is 11.9 Å². The van der Waals surface area contributed by atoms with Gasteiger partial charge in [-0.05, 0) is 20.8 Å². The van der Waals surface area contributed by atoms with E-state index in [1.54, 1.807) is 20.8 Å². The predicted molar refractivity (Wildman–Crippen MR) is 63.8 cm³/mol. The molecule has 0 N–H and O–H groups in total. The number of hydrogen-bond donors (Lipinski definition) is 0. The fraction of sp³-hybridized carbons (Fsp3) is 0.455. The lowest BCUT2D eigenvalue weighted by atomic mass is 10.2. The van der Waals surface area contributed by atoms with Crippen LogP contribution >= 0.6 is 11.3 Å². The summed E-state index contributed by atoms with van der Waals surface area (Å²) >= 11 is 1.01. The summed E-state index contributed by atoms with van der Waals surface area (Å²) in [5.41, 5.74) is -0.200. The Kier molecular flexibility index (Phi) is 4.96. The third kappa shape index (κ3) is 3.13. The molecule has 1 aromatic heterocycles. The van der Waals surface area contributed by atoms with Crippen molar-refractivity contribution in [1.82, 2.24) is 4.98 Å². The van der Waals surface area contributed by atoms with Gasteiger partial charge in [0.15, 0.2) is 0 Å². The number of aromatic nitrogens is 1. The molecule has 7 heteroatoms. The van der Waals surface area contributed by atoms with E-state index in [1.165, 1.54) is 0 Å². The lowest BCUT2D eigenvalue weighted by Crippen LogP contribution is -2.20. The molecule has 0 aliphatic rings. The lowest BCUT2D eigenvalue weighted by molar-refractivity contribution is -0.137. The number of Topliss-reactive ketones (excluding diaryl/α,β-unsaturated/α-hetero) is 1. The van der Waals surface area contributed by atoms with Crippen LogP contribution in [0.15, 0.2) is 0 Å². The van der Waals surface area contributed by atoms with Gasteiger partial charge in [-0.25, -0.2) is 14.6 Å². The third-order valence-electron chi connectivity index (χ3n) is 1.87. The molecule has 98 valence electrons. The van der Waals surface area contributed by atoms with Crippen LogP contribution in [-0.4, -0.2) is 35.9 Å². The molecule has 0 aliphatic carbocycles. The molecule has 0 fully saturated rings. The summed E-state index contributed by atoms with van der Waals surface area (Å²) in [4.78, 5) is 38.6. The Morgan fingerprint density at radius 2 is 1.78 bits per heavy atom. The number of ketones is 1. The summed E-state index contributed by atoms with van der Waals surface area (Å²) in [6.45, 7) is 5.14. The largest absolute Gasteiger partial charge is 0.462 e. The third-order valence-corrected chi connectivity index (χ3v) is 2.82. The molecule has 6 nitrogen and oxygen atoms in total. The highest BCUT2D eigenvalue weighted by Crippen LogP contribution is 2.20. The minimum absolute atomic E-state index is 0.0346. The van der Waals surface area contributed by atoms with Crippen LogP contribution < -0.4 is 0 Å². The number of rotatable bonds is 5. The first-order chi connectivity index (χ1) is 8.51. The zero-order chi connectivity index (χ0) is 13.7. The second kappa shape index (κ2) is 6.25. The molecule has 1 heterocycles. The first-order valence-corrected chi connectivity index (χ1v) is 6.18. The Labute approximate surface area is 108 Å². The topological polar surface area (TPSA) is 82.6 Å². The maximum absolute atomic E-state index is 11.7. The number of carbonyl (C=O) groups is 3. The van der Waals surface area contributed by atoms with E-state index in [1.807, 2.05) is 0 Å². The molecule has 0 radical (unpaired) electrons. The van der Waals surface area contributed by atoms with Gasteiger partial charge in [0.1, 0.15) is 10.6 Å². The van der Waals surface area contributed by atoms with Gasteiger partial charge in [0.25, 0.3) is 5.78 Å². The Bertz CT molecular complexity index is 480.